The summed E-state index contributed by atoms with van der Waals surface area (Å²) in [6.45, 7) is 1.29. The van der Waals surface area contributed by atoms with Crippen LogP contribution < -0.4 is 15.5 Å². The molecule has 3 amide bonds. The molecule has 0 radical (unpaired) electrons. The van der Waals surface area contributed by atoms with E-state index in [1.165, 1.54) is 17.2 Å². The maximum absolute atomic E-state index is 13.9. The fourth-order valence-corrected chi connectivity index (χ4v) is 4.20. The summed E-state index contributed by atoms with van der Waals surface area (Å²) in [7, 11) is 3.69. The molecule has 10 heteroatoms. The highest BCUT2D eigenvalue weighted by Gasteiger charge is 2.38. The Hall–Kier alpha value is -2.72. The van der Waals surface area contributed by atoms with Crippen molar-refractivity contribution in [2.24, 2.45) is 0 Å². The van der Waals surface area contributed by atoms with Crippen molar-refractivity contribution in [2.75, 3.05) is 50.2 Å². The molecular weight excluding hydrogens is 441 g/mol. The van der Waals surface area contributed by atoms with Gasteiger partial charge in [-0.1, -0.05) is 18.2 Å². The third-order valence-electron chi connectivity index (χ3n) is 5.09. The van der Waals surface area contributed by atoms with Crippen molar-refractivity contribution < 1.29 is 22.8 Å². The van der Waals surface area contributed by atoms with E-state index >= 15 is 0 Å². The number of para-hydroxylation sites is 1. The number of fused-ring (bicyclic) bond motifs is 1. The summed E-state index contributed by atoms with van der Waals surface area (Å²) in [5.41, 5.74) is 0.282. The van der Waals surface area contributed by atoms with Gasteiger partial charge in [-0.05, 0) is 50.5 Å². The van der Waals surface area contributed by atoms with E-state index in [2.05, 4.69) is 10.6 Å². The van der Waals surface area contributed by atoms with Gasteiger partial charge >= 0.3 is 12.2 Å². The Balaban J connectivity index is 1.93. The van der Waals surface area contributed by atoms with Crippen LogP contribution >= 0.6 is 11.8 Å². The van der Waals surface area contributed by atoms with Crippen LogP contribution in [0.5, 0.6) is 0 Å². The topological polar surface area (TPSA) is 64.7 Å². The number of halogens is 3. The van der Waals surface area contributed by atoms with E-state index in [-0.39, 0.29) is 10.5 Å². The van der Waals surface area contributed by atoms with Crippen molar-refractivity contribution in [1.82, 2.24) is 10.2 Å². The molecule has 6 nitrogen and oxygen atoms in total. The molecule has 0 saturated heterocycles. The van der Waals surface area contributed by atoms with Gasteiger partial charge in [0, 0.05) is 35.8 Å². The van der Waals surface area contributed by atoms with Gasteiger partial charge in [0.15, 0.2) is 0 Å². The van der Waals surface area contributed by atoms with Crippen molar-refractivity contribution in [3.8, 4) is 0 Å². The smallest absolute Gasteiger partial charge is 0.351 e. The molecule has 172 valence electrons. The number of likely N-dealkylation sites (N-methyl/N-ethyl adjacent to an activating group) is 1. The molecule has 2 aromatic carbocycles. The molecule has 0 bridgehead atoms. The standard InChI is InChI=1S/C22H25F3N4O2S/c1-28(2)11-9-26-20(30)15-12-16(19(22(23,24)25)18(13-15)32-3)27-21(31)29-10-8-14-6-4-5-7-17(14)29/h4-7,12-13H,8-11H2,1-3H3,(H,26,30)(H,27,31). The summed E-state index contributed by atoms with van der Waals surface area (Å²) >= 11 is 0.872. The number of carbonyl (C=O) groups is 2. The van der Waals surface area contributed by atoms with Crippen molar-refractivity contribution in [3.63, 3.8) is 0 Å². The number of alkyl halides is 3. The van der Waals surface area contributed by atoms with Crippen LogP contribution in [0.25, 0.3) is 0 Å². The van der Waals surface area contributed by atoms with Crippen LogP contribution in [-0.4, -0.2) is 56.8 Å². The average molecular weight is 467 g/mol. The summed E-state index contributed by atoms with van der Waals surface area (Å²) in [4.78, 5) is 28.6. The number of rotatable bonds is 6. The molecular formula is C22H25F3N4O2S. The number of amides is 3. The Morgan fingerprint density at radius 1 is 1.19 bits per heavy atom. The normalized spacial score (nSPS) is 13.3. The summed E-state index contributed by atoms with van der Waals surface area (Å²) in [6.07, 6.45) is -2.58. The number of hydrogen-bond donors (Lipinski definition) is 2. The van der Waals surface area contributed by atoms with E-state index in [1.807, 2.05) is 31.1 Å². The molecule has 1 heterocycles. The molecule has 0 unspecified atom stereocenters. The van der Waals surface area contributed by atoms with Gasteiger partial charge in [0.1, 0.15) is 0 Å². The fourth-order valence-electron chi connectivity index (χ4n) is 3.53. The predicted octanol–water partition coefficient (Wildman–Crippen LogP) is 4.31. The van der Waals surface area contributed by atoms with Gasteiger partial charge in [0.25, 0.3) is 5.91 Å². The largest absolute Gasteiger partial charge is 0.419 e. The molecule has 32 heavy (non-hydrogen) atoms. The first-order chi connectivity index (χ1) is 15.1. The molecule has 3 rings (SSSR count). The second-order valence-electron chi connectivity index (χ2n) is 7.62. The highest BCUT2D eigenvalue weighted by molar-refractivity contribution is 7.98. The number of hydrogen-bond acceptors (Lipinski definition) is 4. The van der Waals surface area contributed by atoms with Crippen LogP contribution in [0.3, 0.4) is 0 Å². The molecule has 0 aliphatic carbocycles. The van der Waals surface area contributed by atoms with E-state index in [0.29, 0.717) is 31.7 Å². The first-order valence-corrected chi connectivity index (χ1v) is 11.2. The molecule has 0 fully saturated rings. The second-order valence-corrected chi connectivity index (χ2v) is 8.47. The summed E-state index contributed by atoms with van der Waals surface area (Å²) in [5, 5.41) is 5.10. The number of anilines is 2. The monoisotopic (exact) mass is 466 g/mol. The quantitative estimate of drug-likeness (QED) is 0.623. The highest BCUT2D eigenvalue weighted by atomic mass is 32.2. The Bertz CT molecular complexity index is 1010. The van der Waals surface area contributed by atoms with Crippen LogP contribution in [-0.2, 0) is 12.6 Å². The van der Waals surface area contributed by atoms with Gasteiger partial charge in [0.2, 0.25) is 0 Å². The third kappa shape index (κ3) is 5.36. The number of nitrogens with one attached hydrogen (secondary N) is 2. The fraction of sp³-hybridized carbons (Fsp3) is 0.364. The summed E-state index contributed by atoms with van der Waals surface area (Å²) in [5.74, 6) is -0.502. The van der Waals surface area contributed by atoms with Crippen LogP contribution in [0.15, 0.2) is 41.3 Å². The minimum Gasteiger partial charge on any atom is -0.351 e. The molecule has 0 atom stereocenters. The lowest BCUT2D eigenvalue weighted by Crippen LogP contribution is -2.34. The molecule has 2 aromatic rings. The van der Waals surface area contributed by atoms with Crippen LogP contribution in [0.2, 0.25) is 0 Å². The SMILES string of the molecule is CSc1cc(C(=O)NCCN(C)C)cc(NC(=O)N2CCc3ccccc32)c1C(F)(F)F. The molecule has 1 aliphatic rings. The Kier molecular flexibility index (Phi) is 7.35. The number of carbonyl (C=O) groups excluding carboxylic acids is 2. The first kappa shape index (κ1) is 23.9. The zero-order chi connectivity index (χ0) is 23.5. The number of benzene rings is 2. The summed E-state index contributed by atoms with van der Waals surface area (Å²) < 4.78 is 41.7. The van der Waals surface area contributed by atoms with Gasteiger partial charge in [-0.15, -0.1) is 11.8 Å². The Morgan fingerprint density at radius 3 is 2.56 bits per heavy atom. The van der Waals surface area contributed by atoms with Gasteiger partial charge in [-0.2, -0.15) is 13.2 Å². The van der Waals surface area contributed by atoms with Crippen molar-refractivity contribution in [2.45, 2.75) is 17.5 Å². The van der Waals surface area contributed by atoms with Gasteiger partial charge in [-0.3, -0.25) is 9.69 Å². The Labute approximate surface area is 189 Å². The minimum absolute atomic E-state index is 0.0539. The van der Waals surface area contributed by atoms with Crippen LogP contribution in [0, 0.1) is 0 Å². The lowest BCUT2D eigenvalue weighted by molar-refractivity contribution is -0.139. The minimum atomic E-state index is -4.70. The number of urea groups is 1. The molecule has 0 aromatic heterocycles. The third-order valence-corrected chi connectivity index (χ3v) is 5.85. The lowest BCUT2D eigenvalue weighted by Gasteiger charge is -2.22. The number of nitrogens with zero attached hydrogens (tertiary/aromatic N) is 2. The lowest BCUT2D eigenvalue weighted by atomic mass is 10.1. The van der Waals surface area contributed by atoms with Gasteiger partial charge in [0.05, 0.1) is 11.3 Å². The van der Waals surface area contributed by atoms with E-state index in [1.54, 1.807) is 12.1 Å². The number of thioether (sulfide) groups is 1. The van der Waals surface area contributed by atoms with Crippen molar-refractivity contribution in [3.05, 3.63) is 53.1 Å². The zero-order valence-electron chi connectivity index (χ0n) is 18.0. The van der Waals surface area contributed by atoms with Crippen molar-refractivity contribution >= 4 is 35.1 Å². The second kappa shape index (κ2) is 9.83. The molecule has 0 spiro atoms. The van der Waals surface area contributed by atoms with Crippen LogP contribution in [0.1, 0.15) is 21.5 Å². The maximum atomic E-state index is 13.9. The summed E-state index contributed by atoms with van der Waals surface area (Å²) in [6, 6.07) is 8.90. The van der Waals surface area contributed by atoms with E-state index in [0.717, 1.165) is 23.4 Å². The molecule has 0 saturated carbocycles. The Morgan fingerprint density at radius 2 is 1.91 bits per heavy atom. The van der Waals surface area contributed by atoms with Crippen LogP contribution in [0.4, 0.5) is 29.3 Å². The van der Waals surface area contributed by atoms with Gasteiger partial charge < -0.3 is 15.5 Å². The van der Waals surface area contributed by atoms with E-state index < -0.39 is 29.4 Å². The van der Waals surface area contributed by atoms with E-state index in [4.69, 9.17) is 0 Å². The first-order valence-electron chi connectivity index (χ1n) is 10.0. The van der Waals surface area contributed by atoms with E-state index in [9.17, 15) is 22.8 Å². The highest BCUT2D eigenvalue weighted by Crippen LogP contribution is 2.42. The van der Waals surface area contributed by atoms with Crippen molar-refractivity contribution in [1.29, 1.82) is 0 Å². The van der Waals surface area contributed by atoms with Gasteiger partial charge in [-0.25, -0.2) is 4.79 Å². The zero-order valence-corrected chi connectivity index (χ0v) is 18.9. The maximum Gasteiger partial charge on any atom is 0.419 e. The average Bonchev–Trinajstić information content (AvgIpc) is 3.16. The molecule has 2 N–H and O–H groups in total. The predicted molar refractivity (Wildman–Crippen MR) is 121 cm³/mol. The molecule has 1 aliphatic heterocycles.